The van der Waals surface area contributed by atoms with Gasteiger partial charge in [-0.3, -0.25) is 4.79 Å². The predicted molar refractivity (Wildman–Crippen MR) is 123 cm³/mol. The minimum absolute atomic E-state index is 0.150. The van der Waals surface area contributed by atoms with Crippen LogP contribution in [-0.4, -0.2) is 43.8 Å². The van der Waals surface area contributed by atoms with Crippen molar-refractivity contribution in [2.24, 2.45) is 0 Å². The van der Waals surface area contributed by atoms with Gasteiger partial charge in [-0.15, -0.1) is 0 Å². The standard InChI is InChI=1S/C24H30N2O5S/c1-3-19-8-12-21(13-9-19)25-23(27)18(2)31-24(28)20-10-14-22(15-11-20)32(29,30)26-16-6-4-5-7-17-26/h8-15,18H,3-7,16-17H2,1-2H3,(H,25,27). The van der Waals surface area contributed by atoms with E-state index in [1.165, 1.54) is 35.5 Å². The molecule has 1 unspecified atom stereocenters. The maximum Gasteiger partial charge on any atom is 0.338 e. The molecule has 1 aliphatic rings. The number of rotatable bonds is 7. The molecule has 0 bridgehead atoms. The first kappa shape index (κ1) is 23.9. The number of amides is 1. The van der Waals surface area contributed by atoms with E-state index < -0.39 is 28.0 Å². The normalized spacial score (nSPS) is 16.1. The van der Waals surface area contributed by atoms with Crippen LogP contribution in [-0.2, 0) is 26.0 Å². The van der Waals surface area contributed by atoms with Gasteiger partial charge >= 0.3 is 5.97 Å². The number of benzene rings is 2. The second-order valence-electron chi connectivity index (χ2n) is 7.93. The van der Waals surface area contributed by atoms with Crippen molar-refractivity contribution < 1.29 is 22.7 Å². The molecular weight excluding hydrogens is 428 g/mol. The van der Waals surface area contributed by atoms with Crippen LogP contribution >= 0.6 is 0 Å². The van der Waals surface area contributed by atoms with Crippen molar-refractivity contribution in [2.45, 2.75) is 57.0 Å². The van der Waals surface area contributed by atoms with Gasteiger partial charge < -0.3 is 10.1 Å². The molecule has 1 fully saturated rings. The van der Waals surface area contributed by atoms with Crippen LogP contribution in [0.15, 0.2) is 53.4 Å². The van der Waals surface area contributed by atoms with Gasteiger partial charge in [-0.25, -0.2) is 13.2 Å². The lowest BCUT2D eigenvalue weighted by atomic mass is 10.1. The average Bonchev–Trinajstić information content (AvgIpc) is 3.10. The average molecular weight is 459 g/mol. The van der Waals surface area contributed by atoms with Crippen molar-refractivity contribution in [3.63, 3.8) is 0 Å². The maximum atomic E-state index is 12.9. The molecule has 32 heavy (non-hydrogen) atoms. The number of aryl methyl sites for hydroxylation is 1. The van der Waals surface area contributed by atoms with E-state index in [1.807, 2.05) is 19.1 Å². The summed E-state index contributed by atoms with van der Waals surface area (Å²) < 4.78 is 32.5. The Morgan fingerprint density at radius 2 is 1.56 bits per heavy atom. The summed E-state index contributed by atoms with van der Waals surface area (Å²) in [5.74, 6) is -1.13. The Bertz CT molecular complexity index is 1030. The fourth-order valence-electron chi connectivity index (χ4n) is 3.54. The minimum atomic E-state index is -3.59. The number of ether oxygens (including phenoxy) is 1. The van der Waals surface area contributed by atoms with E-state index in [0.29, 0.717) is 18.8 Å². The minimum Gasteiger partial charge on any atom is -0.449 e. The first-order chi connectivity index (χ1) is 15.3. The smallest absolute Gasteiger partial charge is 0.338 e. The molecule has 0 saturated carbocycles. The quantitative estimate of drug-likeness (QED) is 0.633. The second kappa shape index (κ2) is 10.7. The highest BCUT2D eigenvalue weighted by atomic mass is 32.2. The zero-order valence-corrected chi connectivity index (χ0v) is 19.4. The number of carbonyl (C=O) groups excluding carboxylic acids is 2. The highest BCUT2D eigenvalue weighted by Gasteiger charge is 2.26. The van der Waals surface area contributed by atoms with Gasteiger partial charge in [0.1, 0.15) is 0 Å². The van der Waals surface area contributed by atoms with E-state index in [-0.39, 0.29) is 10.5 Å². The molecule has 8 heteroatoms. The van der Waals surface area contributed by atoms with Gasteiger partial charge in [0, 0.05) is 18.8 Å². The Kier molecular flexibility index (Phi) is 8.04. The molecule has 0 aromatic heterocycles. The topological polar surface area (TPSA) is 92.8 Å². The lowest BCUT2D eigenvalue weighted by Gasteiger charge is -2.20. The van der Waals surface area contributed by atoms with E-state index >= 15 is 0 Å². The van der Waals surface area contributed by atoms with Crippen molar-refractivity contribution in [3.8, 4) is 0 Å². The van der Waals surface area contributed by atoms with Gasteiger partial charge in [-0.2, -0.15) is 4.31 Å². The summed E-state index contributed by atoms with van der Waals surface area (Å²) in [6.45, 7) is 4.57. The largest absolute Gasteiger partial charge is 0.449 e. The van der Waals surface area contributed by atoms with Crippen LogP contribution in [0.25, 0.3) is 0 Å². The van der Waals surface area contributed by atoms with Crippen LogP contribution in [0.5, 0.6) is 0 Å². The van der Waals surface area contributed by atoms with Crippen LogP contribution in [0.4, 0.5) is 5.69 Å². The van der Waals surface area contributed by atoms with Crippen LogP contribution in [0, 0.1) is 0 Å². The number of hydrogen-bond acceptors (Lipinski definition) is 5. The maximum absolute atomic E-state index is 12.9. The van der Waals surface area contributed by atoms with Gasteiger partial charge in [0.25, 0.3) is 5.91 Å². The summed E-state index contributed by atoms with van der Waals surface area (Å²) in [5.41, 5.74) is 1.97. The zero-order chi connectivity index (χ0) is 23.1. The lowest BCUT2D eigenvalue weighted by molar-refractivity contribution is -0.123. The summed E-state index contributed by atoms with van der Waals surface area (Å²) in [6, 6.07) is 13.1. The molecule has 1 saturated heterocycles. The predicted octanol–water partition coefficient (Wildman–Crippen LogP) is 4.00. The molecule has 1 amide bonds. The Labute approximate surface area is 189 Å². The Morgan fingerprint density at radius 1 is 0.969 bits per heavy atom. The molecule has 0 aliphatic carbocycles. The monoisotopic (exact) mass is 458 g/mol. The third-order valence-corrected chi connectivity index (χ3v) is 7.49. The van der Waals surface area contributed by atoms with Crippen molar-refractivity contribution >= 4 is 27.6 Å². The molecule has 2 aromatic rings. The molecule has 7 nitrogen and oxygen atoms in total. The molecule has 1 aliphatic heterocycles. The molecular formula is C24H30N2O5S. The van der Waals surface area contributed by atoms with Gasteiger partial charge in [0.2, 0.25) is 10.0 Å². The highest BCUT2D eigenvalue weighted by molar-refractivity contribution is 7.89. The van der Waals surface area contributed by atoms with E-state index in [4.69, 9.17) is 4.74 Å². The Balaban J connectivity index is 1.60. The van der Waals surface area contributed by atoms with Gasteiger partial charge in [0.05, 0.1) is 10.5 Å². The van der Waals surface area contributed by atoms with Crippen molar-refractivity contribution in [1.29, 1.82) is 0 Å². The number of sulfonamides is 1. The fraction of sp³-hybridized carbons (Fsp3) is 0.417. The third-order valence-electron chi connectivity index (χ3n) is 5.58. The van der Waals surface area contributed by atoms with E-state index in [9.17, 15) is 18.0 Å². The molecule has 172 valence electrons. The first-order valence-corrected chi connectivity index (χ1v) is 12.5. The number of carbonyl (C=O) groups is 2. The Hall–Kier alpha value is -2.71. The molecule has 3 rings (SSSR count). The Morgan fingerprint density at radius 3 is 2.12 bits per heavy atom. The van der Waals surface area contributed by atoms with Crippen molar-refractivity contribution in [1.82, 2.24) is 4.31 Å². The van der Waals surface area contributed by atoms with Crippen LogP contribution in [0.3, 0.4) is 0 Å². The molecule has 1 atom stereocenters. The summed E-state index contributed by atoms with van der Waals surface area (Å²) >= 11 is 0. The third kappa shape index (κ3) is 5.95. The molecule has 2 aromatic carbocycles. The van der Waals surface area contributed by atoms with E-state index in [0.717, 1.165) is 37.7 Å². The molecule has 0 radical (unpaired) electrons. The van der Waals surface area contributed by atoms with E-state index in [1.54, 1.807) is 12.1 Å². The van der Waals surface area contributed by atoms with Crippen molar-refractivity contribution in [2.75, 3.05) is 18.4 Å². The van der Waals surface area contributed by atoms with Gasteiger partial charge in [-0.1, -0.05) is 31.9 Å². The second-order valence-corrected chi connectivity index (χ2v) is 9.87. The zero-order valence-electron chi connectivity index (χ0n) is 18.5. The van der Waals surface area contributed by atoms with Crippen LogP contribution in [0.2, 0.25) is 0 Å². The SMILES string of the molecule is CCc1ccc(NC(=O)C(C)OC(=O)c2ccc(S(=O)(=O)N3CCCCCC3)cc2)cc1. The summed E-state index contributed by atoms with van der Waals surface area (Å²) in [7, 11) is -3.59. The summed E-state index contributed by atoms with van der Waals surface area (Å²) in [4.78, 5) is 24.9. The molecule has 0 spiro atoms. The molecule has 1 heterocycles. The number of esters is 1. The number of hydrogen-bond donors (Lipinski definition) is 1. The number of nitrogens with one attached hydrogen (secondary N) is 1. The first-order valence-electron chi connectivity index (χ1n) is 11.0. The van der Waals surface area contributed by atoms with E-state index in [2.05, 4.69) is 5.32 Å². The van der Waals surface area contributed by atoms with Crippen molar-refractivity contribution in [3.05, 3.63) is 59.7 Å². The molecule has 1 N–H and O–H groups in total. The van der Waals surface area contributed by atoms with Gasteiger partial charge in [-0.05, 0) is 68.1 Å². The highest BCUT2D eigenvalue weighted by Crippen LogP contribution is 2.21. The fourth-order valence-corrected chi connectivity index (χ4v) is 5.06. The lowest BCUT2D eigenvalue weighted by Crippen LogP contribution is -2.32. The number of nitrogens with zero attached hydrogens (tertiary/aromatic N) is 1. The van der Waals surface area contributed by atoms with Crippen LogP contribution < -0.4 is 5.32 Å². The summed E-state index contributed by atoms with van der Waals surface area (Å²) in [6.07, 6.45) is 3.67. The summed E-state index contributed by atoms with van der Waals surface area (Å²) in [5, 5.41) is 2.72. The van der Waals surface area contributed by atoms with Crippen LogP contribution in [0.1, 0.15) is 55.5 Å². The number of anilines is 1. The van der Waals surface area contributed by atoms with Gasteiger partial charge in [0.15, 0.2) is 6.10 Å².